The Hall–Kier alpha value is -3.52. The molecule has 0 amide bonds. The van der Waals surface area contributed by atoms with Crippen LogP contribution in [0.25, 0.3) is 11.1 Å². The van der Waals surface area contributed by atoms with Crippen molar-refractivity contribution < 1.29 is 33.6 Å². The van der Waals surface area contributed by atoms with Gasteiger partial charge in [-0.2, -0.15) is 0 Å². The molecule has 41 heavy (non-hydrogen) atoms. The van der Waals surface area contributed by atoms with Crippen LogP contribution in [0.3, 0.4) is 0 Å². The van der Waals surface area contributed by atoms with E-state index in [1.54, 1.807) is 36.4 Å². The third-order valence-electron chi connectivity index (χ3n) is 6.45. The Bertz CT molecular complexity index is 1460. The molecule has 0 aromatic heterocycles. The van der Waals surface area contributed by atoms with Gasteiger partial charge in [0.1, 0.15) is 40.1 Å². The standard InChI is InChI=1S/C33H33FO6.Na.H/c1-3-9-25-29(12-7-13-30(25)40-31-11-6-5-10-26(31)33(36)37)38-18-8-19-39-32-21-28(35)27(20-22(32)4-2)23-14-16-24(34)17-15-23;;/h5-7,10-17,20-21,35H,3-4,8-9,18-19H2,1-2H3,(H,36,37);;. The number of ether oxygens (including phenoxy) is 3. The number of phenolic OH excluding ortho intramolecular Hbond substituents is 1. The fourth-order valence-electron chi connectivity index (χ4n) is 4.43. The number of aromatic carboxylic acids is 1. The van der Waals surface area contributed by atoms with Gasteiger partial charge in [0.15, 0.2) is 0 Å². The van der Waals surface area contributed by atoms with E-state index in [0.717, 1.165) is 23.1 Å². The fourth-order valence-corrected chi connectivity index (χ4v) is 4.43. The Kier molecular flexibility index (Phi) is 12.1. The second-order valence-corrected chi connectivity index (χ2v) is 9.27. The summed E-state index contributed by atoms with van der Waals surface area (Å²) in [5, 5.41) is 20.1. The van der Waals surface area contributed by atoms with Crippen LogP contribution >= 0.6 is 0 Å². The first-order chi connectivity index (χ1) is 19.4. The van der Waals surface area contributed by atoms with Crippen molar-refractivity contribution >= 4 is 35.5 Å². The minimum absolute atomic E-state index is 0. The SMILES string of the molecule is CCCc1c(OCCCOc2cc(O)c(-c3ccc(F)cc3)cc2CC)cccc1Oc1ccccc1C(=O)O.[NaH]. The van der Waals surface area contributed by atoms with Crippen LogP contribution in [0.1, 0.15) is 48.2 Å². The van der Waals surface area contributed by atoms with Crippen molar-refractivity contribution in [1.82, 2.24) is 0 Å². The zero-order valence-electron chi connectivity index (χ0n) is 22.7. The molecule has 0 aliphatic rings. The molecule has 0 unspecified atom stereocenters. The van der Waals surface area contributed by atoms with Crippen molar-refractivity contribution in [1.29, 1.82) is 0 Å². The van der Waals surface area contributed by atoms with E-state index in [0.29, 0.717) is 55.3 Å². The number of carbonyl (C=O) groups is 1. The summed E-state index contributed by atoms with van der Waals surface area (Å²) < 4.78 is 31.4. The summed E-state index contributed by atoms with van der Waals surface area (Å²) in [7, 11) is 0. The number of rotatable bonds is 13. The van der Waals surface area contributed by atoms with Crippen LogP contribution in [0.5, 0.6) is 28.7 Å². The van der Waals surface area contributed by atoms with E-state index in [1.165, 1.54) is 18.2 Å². The van der Waals surface area contributed by atoms with Crippen LogP contribution in [0, 0.1) is 5.82 Å². The molecule has 0 aliphatic carbocycles. The molecule has 4 aromatic rings. The zero-order valence-corrected chi connectivity index (χ0v) is 22.7. The molecule has 4 rings (SSSR count). The van der Waals surface area contributed by atoms with E-state index in [-0.39, 0.29) is 52.4 Å². The number of halogens is 1. The number of carboxylic acid groups (broad SMARTS) is 1. The van der Waals surface area contributed by atoms with Crippen molar-refractivity contribution in [3.8, 4) is 39.9 Å². The monoisotopic (exact) mass is 568 g/mol. The van der Waals surface area contributed by atoms with Gasteiger partial charge >= 0.3 is 35.5 Å². The number of carboxylic acids is 1. The normalized spacial score (nSPS) is 10.5. The van der Waals surface area contributed by atoms with Gasteiger partial charge in [0, 0.05) is 23.6 Å². The molecule has 6 nitrogen and oxygen atoms in total. The summed E-state index contributed by atoms with van der Waals surface area (Å²) in [6, 6.07) is 21.6. The number of aryl methyl sites for hydroxylation is 1. The number of benzene rings is 4. The topological polar surface area (TPSA) is 85.2 Å². The first kappa shape index (κ1) is 32.0. The minimum atomic E-state index is -1.05. The Morgan fingerprint density at radius 2 is 1.49 bits per heavy atom. The van der Waals surface area contributed by atoms with Gasteiger partial charge in [-0.1, -0.05) is 50.6 Å². The summed E-state index contributed by atoms with van der Waals surface area (Å²) in [6.45, 7) is 4.85. The molecule has 0 bridgehead atoms. The van der Waals surface area contributed by atoms with Crippen LogP contribution in [-0.2, 0) is 12.8 Å². The van der Waals surface area contributed by atoms with Gasteiger partial charge in [-0.3, -0.25) is 0 Å². The van der Waals surface area contributed by atoms with Gasteiger partial charge in [-0.05, 0) is 66.4 Å². The van der Waals surface area contributed by atoms with Gasteiger partial charge in [-0.25, -0.2) is 9.18 Å². The van der Waals surface area contributed by atoms with Gasteiger partial charge in [0.05, 0.1) is 13.2 Å². The molecule has 0 saturated heterocycles. The number of para-hydroxylation sites is 1. The van der Waals surface area contributed by atoms with Crippen LogP contribution < -0.4 is 14.2 Å². The third-order valence-corrected chi connectivity index (χ3v) is 6.45. The van der Waals surface area contributed by atoms with Crippen molar-refractivity contribution in [3.05, 3.63) is 101 Å². The predicted octanol–water partition coefficient (Wildman–Crippen LogP) is 7.40. The molecule has 0 saturated carbocycles. The predicted molar refractivity (Wildman–Crippen MR) is 160 cm³/mol. The summed E-state index contributed by atoms with van der Waals surface area (Å²) >= 11 is 0. The number of phenols is 1. The van der Waals surface area contributed by atoms with Crippen LogP contribution in [-0.4, -0.2) is 59.0 Å². The average molecular weight is 569 g/mol. The second kappa shape index (κ2) is 15.5. The maximum absolute atomic E-state index is 13.3. The van der Waals surface area contributed by atoms with Gasteiger partial charge in [-0.15, -0.1) is 0 Å². The van der Waals surface area contributed by atoms with E-state index in [4.69, 9.17) is 14.2 Å². The molecule has 0 spiro atoms. The molecule has 4 aromatic carbocycles. The van der Waals surface area contributed by atoms with Gasteiger partial charge in [0.25, 0.3) is 0 Å². The van der Waals surface area contributed by atoms with Crippen molar-refractivity contribution in [3.63, 3.8) is 0 Å². The van der Waals surface area contributed by atoms with E-state index < -0.39 is 5.97 Å². The van der Waals surface area contributed by atoms with Gasteiger partial charge < -0.3 is 24.4 Å². The summed E-state index contributed by atoms with van der Waals surface area (Å²) in [5.41, 5.74) is 3.27. The van der Waals surface area contributed by atoms with Crippen LogP contribution in [0.2, 0.25) is 0 Å². The van der Waals surface area contributed by atoms with Crippen molar-refractivity contribution in [2.45, 2.75) is 39.5 Å². The number of hydrogen-bond donors (Lipinski definition) is 2. The Morgan fingerprint density at radius 1 is 0.829 bits per heavy atom. The fraction of sp³-hybridized carbons (Fsp3) is 0.242. The van der Waals surface area contributed by atoms with Crippen LogP contribution in [0.4, 0.5) is 4.39 Å². The molecule has 8 heteroatoms. The Balaban J connectivity index is 0.00000462. The molecule has 0 atom stereocenters. The third kappa shape index (κ3) is 8.26. The molecular weight excluding hydrogens is 534 g/mol. The number of hydrogen-bond acceptors (Lipinski definition) is 5. The van der Waals surface area contributed by atoms with Crippen molar-refractivity contribution in [2.75, 3.05) is 13.2 Å². The first-order valence-corrected chi connectivity index (χ1v) is 13.4. The molecular formula is C33H34FNaO6. The Labute approximate surface area is 262 Å². The van der Waals surface area contributed by atoms with Crippen LogP contribution in [0.15, 0.2) is 78.9 Å². The molecule has 0 aliphatic heterocycles. The maximum atomic E-state index is 13.3. The quantitative estimate of drug-likeness (QED) is 0.129. The van der Waals surface area contributed by atoms with Crippen molar-refractivity contribution in [2.24, 2.45) is 0 Å². The molecule has 0 heterocycles. The molecule has 2 N–H and O–H groups in total. The van der Waals surface area contributed by atoms with E-state index >= 15 is 0 Å². The van der Waals surface area contributed by atoms with Gasteiger partial charge in [0.2, 0.25) is 0 Å². The molecule has 210 valence electrons. The zero-order chi connectivity index (χ0) is 28.5. The Morgan fingerprint density at radius 3 is 2.17 bits per heavy atom. The summed E-state index contributed by atoms with van der Waals surface area (Å²) in [5.74, 6) is 0.815. The average Bonchev–Trinajstić information content (AvgIpc) is 2.95. The van der Waals surface area contributed by atoms with E-state index in [1.807, 2.05) is 31.2 Å². The summed E-state index contributed by atoms with van der Waals surface area (Å²) in [6.07, 6.45) is 2.87. The van der Waals surface area contributed by atoms with E-state index in [2.05, 4.69) is 6.92 Å². The number of aromatic hydroxyl groups is 1. The first-order valence-electron chi connectivity index (χ1n) is 13.4. The second-order valence-electron chi connectivity index (χ2n) is 9.27. The molecule has 0 radical (unpaired) electrons. The summed E-state index contributed by atoms with van der Waals surface area (Å²) in [4.78, 5) is 11.6. The van der Waals surface area contributed by atoms with E-state index in [9.17, 15) is 19.4 Å². The molecule has 0 fully saturated rings.